The second-order valence-corrected chi connectivity index (χ2v) is 10.9. The van der Waals surface area contributed by atoms with Crippen molar-refractivity contribution in [3.8, 4) is 0 Å². The number of pyridine rings is 1. The van der Waals surface area contributed by atoms with E-state index in [0.29, 0.717) is 22.7 Å². The van der Waals surface area contributed by atoms with Crippen molar-refractivity contribution in [3.05, 3.63) is 88.7 Å². The molecule has 1 aromatic heterocycles. The van der Waals surface area contributed by atoms with Crippen LogP contribution in [0.1, 0.15) is 46.9 Å². The molecule has 1 atom stereocenters. The van der Waals surface area contributed by atoms with Crippen LogP contribution in [-0.4, -0.2) is 46.5 Å². The number of halogens is 3. The van der Waals surface area contributed by atoms with Gasteiger partial charge in [0.15, 0.2) is 10.9 Å². The number of carbonyl (C=O) groups is 2. The van der Waals surface area contributed by atoms with Crippen LogP contribution in [0.15, 0.2) is 72.1 Å². The number of hydrogen-bond donors (Lipinski definition) is 2. The van der Waals surface area contributed by atoms with Crippen molar-refractivity contribution in [2.75, 3.05) is 23.3 Å². The summed E-state index contributed by atoms with van der Waals surface area (Å²) in [7, 11) is 0. The Morgan fingerprint density at radius 1 is 1.05 bits per heavy atom. The van der Waals surface area contributed by atoms with Gasteiger partial charge in [-0.2, -0.15) is 0 Å². The van der Waals surface area contributed by atoms with E-state index in [-0.39, 0.29) is 18.1 Å². The van der Waals surface area contributed by atoms with Crippen molar-refractivity contribution < 1.29 is 14.4 Å². The molecule has 2 aliphatic heterocycles. The predicted molar refractivity (Wildman–Crippen MR) is 154 cm³/mol. The number of anilines is 2. The van der Waals surface area contributed by atoms with Crippen molar-refractivity contribution in [2.24, 2.45) is 5.16 Å². The van der Waals surface area contributed by atoms with E-state index in [9.17, 15) is 9.59 Å². The van der Waals surface area contributed by atoms with E-state index >= 15 is 0 Å². The van der Waals surface area contributed by atoms with E-state index in [4.69, 9.17) is 39.6 Å². The molecule has 2 amide bonds. The molecule has 0 radical (unpaired) electrons. The third kappa shape index (κ3) is 6.46. The maximum Gasteiger partial charge on any atom is 0.257 e. The number of benzene rings is 2. The summed E-state index contributed by atoms with van der Waals surface area (Å²) < 4.78 is 0. The molecule has 2 aliphatic rings. The summed E-state index contributed by atoms with van der Waals surface area (Å²) in [6.07, 6.45) is 4.99. The zero-order valence-electron chi connectivity index (χ0n) is 20.8. The lowest BCUT2D eigenvalue weighted by Gasteiger charge is -2.35. The lowest BCUT2D eigenvalue weighted by Crippen LogP contribution is -2.45. The third-order valence-corrected chi connectivity index (χ3v) is 7.48. The number of rotatable bonds is 7. The quantitative estimate of drug-likeness (QED) is 0.344. The fourth-order valence-corrected chi connectivity index (χ4v) is 5.20. The van der Waals surface area contributed by atoms with Crippen LogP contribution >= 0.6 is 34.8 Å². The average Bonchev–Trinajstić information content (AvgIpc) is 3.44. The smallest absolute Gasteiger partial charge is 0.257 e. The van der Waals surface area contributed by atoms with Gasteiger partial charge in [-0.1, -0.05) is 58.2 Å². The summed E-state index contributed by atoms with van der Waals surface area (Å²) in [4.78, 5) is 35.4. The maximum atomic E-state index is 12.5. The van der Waals surface area contributed by atoms with Gasteiger partial charge in [-0.3, -0.25) is 14.6 Å². The average molecular weight is 587 g/mol. The SMILES string of the molecule is O=C(NC1CCN(c2cccc(Cl)c2C2=NOC(c3cccc(NC(=O)C(Cl)Cl)c3)C2)CC1)c1cccnc1. The van der Waals surface area contributed by atoms with Gasteiger partial charge in [0.25, 0.3) is 11.8 Å². The summed E-state index contributed by atoms with van der Waals surface area (Å²) in [6.45, 7) is 1.51. The first-order chi connectivity index (χ1) is 18.9. The van der Waals surface area contributed by atoms with Crippen LogP contribution < -0.4 is 15.5 Å². The number of aromatic nitrogens is 1. The summed E-state index contributed by atoms with van der Waals surface area (Å²) in [5.41, 5.74) is 4.56. The molecule has 0 saturated carbocycles. The van der Waals surface area contributed by atoms with Gasteiger partial charge in [-0.15, -0.1) is 0 Å². The number of carbonyl (C=O) groups excluding carboxylic acids is 2. The number of amides is 2. The van der Waals surface area contributed by atoms with Crippen LogP contribution in [0.5, 0.6) is 0 Å². The summed E-state index contributed by atoms with van der Waals surface area (Å²) in [5, 5.41) is 10.8. The molecule has 0 bridgehead atoms. The molecule has 0 spiro atoms. The van der Waals surface area contributed by atoms with Crippen LogP contribution in [0, 0.1) is 0 Å². The molecular formula is C28H26Cl3N5O3. The van der Waals surface area contributed by atoms with Gasteiger partial charge >= 0.3 is 0 Å². The Kier molecular flexibility index (Phi) is 8.55. The lowest BCUT2D eigenvalue weighted by atomic mass is 9.97. The molecule has 2 aromatic carbocycles. The molecular weight excluding hydrogens is 561 g/mol. The van der Waals surface area contributed by atoms with E-state index < -0.39 is 10.7 Å². The van der Waals surface area contributed by atoms with Crippen molar-refractivity contribution >= 4 is 63.7 Å². The van der Waals surface area contributed by atoms with Crippen molar-refractivity contribution in [1.82, 2.24) is 10.3 Å². The highest BCUT2D eigenvalue weighted by molar-refractivity contribution is 6.54. The second kappa shape index (κ2) is 12.2. The normalized spacial score (nSPS) is 17.5. The van der Waals surface area contributed by atoms with Gasteiger partial charge in [-0.25, -0.2) is 0 Å². The van der Waals surface area contributed by atoms with Crippen molar-refractivity contribution in [1.29, 1.82) is 0 Å². The van der Waals surface area contributed by atoms with Crippen LogP contribution in [-0.2, 0) is 9.63 Å². The van der Waals surface area contributed by atoms with Gasteiger partial charge < -0.3 is 20.4 Å². The highest BCUT2D eigenvalue weighted by Gasteiger charge is 2.30. The summed E-state index contributed by atoms with van der Waals surface area (Å²) in [5.74, 6) is -0.608. The number of hydrogen-bond acceptors (Lipinski definition) is 6. The second-order valence-electron chi connectivity index (χ2n) is 9.36. The Hall–Kier alpha value is -3.33. The van der Waals surface area contributed by atoms with E-state index in [1.807, 2.05) is 36.4 Å². The Morgan fingerprint density at radius 3 is 2.59 bits per heavy atom. The fourth-order valence-electron chi connectivity index (χ4n) is 4.81. The van der Waals surface area contributed by atoms with E-state index in [1.165, 1.54) is 0 Å². The monoisotopic (exact) mass is 585 g/mol. The molecule has 1 fully saturated rings. The number of nitrogens with zero attached hydrogens (tertiary/aromatic N) is 3. The number of alkyl halides is 2. The zero-order valence-corrected chi connectivity index (χ0v) is 23.1. The summed E-state index contributed by atoms with van der Waals surface area (Å²) >= 11 is 18.0. The first-order valence-electron chi connectivity index (χ1n) is 12.6. The van der Waals surface area contributed by atoms with Gasteiger partial charge in [0, 0.05) is 54.9 Å². The van der Waals surface area contributed by atoms with Crippen molar-refractivity contribution in [3.63, 3.8) is 0 Å². The fraction of sp³-hybridized carbons (Fsp3) is 0.286. The molecule has 2 N–H and O–H groups in total. The topological polar surface area (TPSA) is 95.9 Å². The van der Waals surface area contributed by atoms with E-state index in [1.54, 1.807) is 30.6 Å². The number of oxime groups is 1. The van der Waals surface area contributed by atoms with Crippen LogP contribution in [0.3, 0.4) is 0 Å². The van der Waals surface area contributed by atoms with Crippen molar-refractivity contribution in [2.45, 2.75) is 36.2 Å². The maximum absolute atomic E-state index is 12.5. The van der Waals surface area contributed by atoms with Crippen LogP contribution in [0.4, 0.5) is 11.4 Å². The van der Waals surface area contributed by atoms with Crippen LogP contribution in [0.25, 0.3) is 0 Å². The van der Waals surface area contributed by atoms with Gasteiger partial charge in [0.05, 0.1) is 16.3 Å². The Balaban J connectivity index is 1.25. The summed E-state index contributed by atoms with van der Waals surface area (Å²) in [6, 6.07) is 16.7. The molecule has 0 aliphatic carbocycles. The minimum atomic E-state index is -1.16. The Morgan fingerprint density at radius 2 is 1.85 bits per heavy atom. The van der Waals surface area contributed by atoms with E-state index in [0.717, 1.165) is 48.5 Å². The molecule has 39 heavy (non-hydrogen) atoms. The minimum Gasteiger partial charge on any atom is -0.387 e. The molecule has 11 heteroatoms. The highest BCUT2D eigenvalue weighted by Crippen LogP contribution is 2.37. The first-order valence-corrected chi connectivity index (χ1v) is 13.8. The molecule has 1 saturated heterocycles. The highest BCUT2D eigenvalue weighted by atomic mass is 35.5. The number of piperidine rings is 1. The predicted octanol–water partition coefficient (Wildman–Crippen LogP) is 5.74. The Labute approximate surface area is 241 Å². The third-order valence-electron chi connectivity index (χ3n) is 6.77. The van der Waals surface area contributed by atoms with Gasteiger partial charge in [0.1, 0.15) is 0 Å². The van der Waals surface area contributed by atoms with Gasteiger partial charge in [0.2, 0.25) is 0 Å². The molecule has 202 valence electrons. The Bertz CT molecular complexity index is 1380. The molecule has 3 heterocycles. The molecule has 1 unspecified atom stereocenters. The van der Waals surface area contributed by atoms with E-state index in [2.05, 4.69) is 25.7 Å². The molecule has 5 rings (SSSR count). The van der Waals surface area contributed by atoms with Crippen LogP contribution in [0.2, 0.25) is 5.02 Å². The van der Waals surface area contributed by atoms with Gasteiger partial charge in [-0.05, 0) is 54.8 Å². The zero-order chi connectivity index (χ0) is 27.4. The first kappa shape index (κ1) is 27.2. The lowest BCUT2D eigenvalue weighted by molar-refractivity contribution is -0.114. The minimum absolute atomic E-state index is 0.0776. The largest absolute Gasteiger partial charge is 0.387 e. The standard InChI is InChI=1S/C28H26Cl3N5O3/c29-21-7-2-8-23(36-12-9-19(10-13-36)33-27(37)18-5-3-11-32-16-18)25(21)22-15-24(39-35-22)17-4-1-6-20(14-17)34-28(38)26(30)31/h1-8,11,14,16,19,24,26H,9-10,12-13,15H2,(H,33,37)(H,34,38). The number of nitrogens with one attached hydrogen (secondary N) is 2. The molecule has 8 nitrogen and oxygen atoms in total. The molecule has 3 aromatic rings.